The van der Waals surface area contributed by atoms with Crippen molar-refractivity contribution in [2.24, 2.45) is 4.99 Å². The molecule has 2 aromatic heterocycles. The summed E-state index contributed by atoms with van der Waals surface area (Å²) in [4.78, 5) is 42.1. The largest absolute Gasteiger partial charge is 0.465 e. The van der Waals surface area contributed by atoms with E-state index >= 15 is 0 Å². The van der Waals surface area contributed by atoms with Gasteiger partial charge in [-0.3, -0.25) is 9.36 Å². The topological polar surface area (TPSA) is 100 Å². The second kappa shape index (κ2) is 11.9. The minimum Gasteiger partial charge on any atom is -0.465 e. The SMILES string of the molecule is CCOC(=O)C1=C(C(F)(F)F)N=c2s/c(=C\c3ccc(-c4ccc(Cl)c(C(=O)OC)c4)o3)c(=O)n2[C@@H]1c1ccc(Cl)cc1. The van der Waals surface area contributed by atoms with E-state index in [1.165, 1.54) is 56.5 Å². The van der Waals surface area contributed by atoms with Crippen molar-refractivity contribution in [1.29, 1.82) is 0 Å². The summed E-state index contributed by atoms with van der Waals surface area (Å²) < 4.78 is 59.4. The highest BCUT2D eigenvalue weighted by atomic mass is 35.5. The molecule has 5 rings (SSSR count). The summed E-state index contributed by atoms with van der Waals surface area (Å²) in [6, 6.07) is 12.0. The van der Waals surface area contributed by atoms with Gasteiger partial charge in [-0.1, -0.05) is 46.7 Å². The predicted octanol–water partition coefficient (Wildman–Crippen LogP) is 5.69. The summed E-state index contributed by atoms with van der Waals surface area (Å²) in [7, 11) is 1.22. The van der Waals surface area contributed by atoms with Crippen LogP contribution in [0.1, 0.15) is 34.6 Å². The highest BCUT2D eigenvalue weighted by molar-refractivity contribution is 7.07. The van der Waals surface area contributed by atoms with Crippen molar-refractivity contribution in [2.45, 2.75) is 19.1 Å². The van der Waals surface area contributed by atoms with E-state index in [4.69, 9.17) is 37.1 Å². The average molecular weight is 651 g/mol. The second-order valence-corrected chi connectivity index (χ2v) is 10.9. The lowest BCUT2D eigenvalue weighted by Gasteiger charge is -2.26. The van der Waals surface area contributed by atoms with Crippen molar-refractivity contribution in [2.75, 3.05) is 13.7 Å². The van der Waals surface area contributed by atoms with Crippen LogP contribution in [0.4, 0.5) is 13.2 Å². The lowest BCUT2D eigenvalue weighted by molar-refractivity contribution is -0.140. The van der Waals surface area contributed by atoms with Gasteiger partial charge in [-0.15, -0.1) is 0 Å². The highest BCUT2D eigenvalue weighted by Gasteiger charge is 2.45. The Balaban J connectivity index is 1.67. The summed E-state index contributed by atoms with van der Waals surface area (Å²) >= 11 is 12.8. The number of hydrogen-bond acceptors (Lipinski definition) is 8. The minimum absolute atomic E-state index is 0.00315. The molecule has 14 heteroatoms. The number of methoxy groups -OCH3 is 1. The number of esters is 2. The average Bonchev–Trinajstić information content (AvgIpc) is 3.56. The number of ether oxygens (including phenoxy) is 2. The molecule has 4 aromatic rings. The van der Waals surface area contributed by atoms with E-state index in [1.54, 1.807) is 18.2 Å². The Labute approximate surface area is 254 Å². The zero-order valence-electron chi connectivity index (χ0n) is 22.2. The van der Waals surface area contributed by atoms with Gasteiger partial charge in [0.15, 0.2) is 10.5 Å². The fraction of sp³-hybridized carbons (Fsp3) is 0.172. The first-order chi connectivity index (χ1) is 20.4. The quantitative estimate of drug-likeness (QED) is 0.249. The number of benzene rings is 2. The molecule has 0 radical (unpaired) electrons. The first kappa shape index (κ1) is 30.3. The van der Waals surface area contributed by atoms with Gasteiger partial charge in [0.1, 0.15) is 11.5 Å². The Hall–Kier alpha value is -4.13. The molecular weight excluding hydrogens is 632 g/mol. The molecule has 0 amide bonds. The molecule has 2 aromatic carbocycles. The van der Waals surface area contributed by atoms with Gasteiger partial charge in [0.25, 0.3) is 5.56 Å². The lowest BCUT2D eigenvalue weighted by Crippen LogP contribution is -2.41. The van der Waals surface area contributed by atoms with Gasteiger partial charge in [-0.25, -0.2) is 14.6 Å². The van der Waals surface area contributed by atoms with Crippen molar-refractivity contribution in [1.82, 2.24) is 4.57 Å². The smallest absolute Gasteiger partial charge is 0.434 e. The molecule has 0 fully saturated rings. The number of aromatic nitrogens is 1. The maximum Gasteiger partial charge on any atom is 0.434 e. The molecule has 0 saturated carbocycles. The molecule has 43 heavy (non-hydrogen) atoms. The molecule has 1 aliphatic rings. The maximum atomic E-state index is 14.3. The van der Waals surface area contributed by atoms with Gasteiger partial charge in [-0.2, -0.15) is 13.2 Å². The molecule has 0 unspecified atom stereocenters. The van der Waals surface area contributed by atoms with E-state index in [2.05, 4.69) is 4.99 Å². The van der Waals surface area contributed by atoms with Gasteiger partial charge in [0, 0.05) is 16.7 Å². The molecule has 0 aliphatic carbocycles. The van der Waals surface area contributed by atoms with Crippen molar-refractivity contribution in [3.8, 4) is 11.3 Å². The zero-order chi connectivity index (χ0) is 31.1. The Morgan fingerprint density at radius 2 is 1.81 bits per heavy atom. The molecule has 0 N–H and O–H groups in total. The van der Waals surface area contributed by atoms with E-state index in [9.17, 15) is 27.6 Å². The van der Waals surface area contributed by atoms with Crippen molar-refractivity contribution >= 4 is 52.6 Å². The van der Waals surface area contributed by atoms with Crippen LogP contribution in [0.15, 0.2) is 80.1 Å². The number of allylic oxidation sites excluding steroid dienone is 1. The van der Waals surface area contributed by atoms with E-state index < -0.39 is 41.0 Å². The standard InChI is InChI=1S/C29H19Cl2F3N2O6S/c1-3-41-27(39)22-23(14-4-7-16(30)8-5-14)36-25(37)21(43-28(36)35-24(22)29(32,33)34)13-17-9-11-20(42-17)15-6-10-19(31)18(12-15)26(38)40-2/h4-13,23H,3H2,1-2H3/b21-13-/t23-/m1/s1. The number of carbonyl (C=O) groups excluding carboxylic acids is 2. The predicted molar refractivity (Wildman–Crippen MR) is 153 cm³/mol. The van der Waals surface area contributed by atoms with Gasteiger partial charge < -0.3 is 13.9 Å². The molecule has 1 aliphatic heterocycles. The van der Waals surface area contributed by atoms with Crippen LogP contribution < -0.4 is 14.9 Å². The molecular formula is C29H19Cl2F3N2O6S. The van der Waals surface area contributed by atoms with Crippen molar-refractivity contribution in [3.05, 3.63) is 112 Å². The van der Waals surface area contributed by atoms with Gasteiger partial charge >= 0.3 is 18.1 Å². The fourth-order valence-electron chi connectivity index (χ4n) is 4.46. The highest BCUT2D eigenvalue weighted by Crippen LogP contribution is 2.38. The number of halogens is 5. The third kappa shape index (κ3) is 5.90. The van der Waals surface area contributed by atoms with Crippen LogP contribution in [-0.2, 0) is 14.3 Å². The van der Waals surface area contributed by atoms with E-state index in [0.29, 0.717) is 27.7 Å². The third-order valence-electron chi connectivity index (χ3n) is 6.34. The summed E-state index contributed by atoms with van der Waals surface area (Å²) in [5.41, 5.74) is -2.18. The Morgan fingerprint density at radius 1 is 1.09 bits per heavy atom. The van der Waals surface area contributed by atoms with Crippen LogP contribution >= 0.6 is 34.5 Å². The number of thiazole rings is 1. The van der Waals surface area contributed by atoms with Crippen LogP contribution in [0.3, 0.4) is 0 Å². The van der Waals surface area contributed by atoms with E-state index in [-0.39, 0.29) is 37.9 Å². The molecule has 0 saturated heterocycles. The molecule has 222 valence electrons. The molecule has 1 atom stereocenters. The molecule has 0 bridgehead atoms. The first-order valence-corrected chi connectivity index (χ1v) is 14.0. The van der Waals surface area contributed by atoms with E-state index in [0.717, 1.165) is 4.57 Å². The van der Waals surface area contributed by atoms with Crippen LogP contribution in [0, 0.1) is 0 Å². The van der Waals surface area contributed by atoms with Crippen molar-refractivity contribution in [3.63, 3.8) is 0 Å². The first-order valence-electron chi connectivity index (χ1n) is 12.5. The number of furan rings is 1. The number of nitrogens with zero attached hydrogens (tertiary/aromatic N) is 2. The van der Waals surface area contributed by atoms with Gasteiger partial charge in [0.2, 0.25) is 0 Å². The number of carbonyl (C=O) groups is 2. The Kier molecular flexibility index (Phi) is 8.37. The Bertz CT molecular complexity index is 1960. The number of alkyl halides is 3. The van der Waals surface area contributed by atoms with Crippen LogP contribution in [0.2, 0.25) is 10.0 Å². The number of hydrogen-bond donors (Lipinski definition) is 0. The van der Waals surface area contributed by atoms with Gasteiger partial charge in [-0.05, 0) is 55.0 Å². The van der Waals surface area contributed by atoms with Crippen LogP contribution in [0.5, 0.6) is 0 Å². The normalized spacial score (nSPS) is 15.2. The van der Waals surface area contributed by atoms with E-state index in [1.807, 2.05) is 0 Å². The third-order valence-corrected chi connectivity index (χ3v) is 7.90. The van der Waals surface area contributed by atoms with Crippen LogP contribution in [0.25, 0.3) is 17.4 Å². The van der Waals surface area contributed by atoms with Crippen LogP contribution in [-0.4, -0.2) is 36.4 Å². The molecule has 3 heterocycles. The Morgan fingerprint density at radius 3 is 2.47 bits per heavy atom. The maximum absolute atomic E-state index is 14.3. The monoisotopic (exact) mass is 650 g/mol. The zero-order valence-corrected chi connectivity index (χ0v) is 24.5. The fourth-order valence-corrected chi connectivity index (χ4v) is 5.76. The van der Waals surface area contributed by atoms with Gasteiger partial charge in [0.05, 0.1) is 40.5 Å². The molecule has 0 spiro atoms. The lowest BCUT2D eigenvalue weighted by atomic mass is 9.95. The molecule has 8 nitrogen and oxygen atoms in total. The second-order valence-electron chi connectivity index (χ2n) is 9.00. The summed E-state index contributed by atoms with van der Waals surface area (Å²) in [5, 5.41) is 0.487. The summed E-state index contributed by atoms with van der Waals surface area (Å²) in [5.74, 6) is -1.38. The summed E-state index contributed by atoms with van der Waals surface area (Å²) in [6.45, 7) is 1.26. The number of rotatable bonds is 6. The number of fused-ring (bicyclic) bond motifs is 1. The van der Waals surface area contributed by atoms with Crippen molar-refractivity contribution < 1.29 is 36.7 Å². The summed E-state index contributed by atoms with van der Waals surface area (Å²) in [6.07, 6.45) is -3.68. The minimum atomic E-state index is -5.03.